The maximum Gasteiger partial charge on any atom is 0.308 e. The van der Waals surface area contributed by atoms with Crippen LogP contribution in [0, 0.1) is 18.8 Å². The highest BCUT2D eigenvalue weighted by Crippen LogP contribution is 2.31. The van der Waals surface area contributed by atoms with Crippen molar-refractivity contribution in [1.29, 1.82) is 0 Å². The van der Waals surface area contributed by atoms with Crippen LogP contribution in [0.4, 0.5) is 0 Å². The normalized spacial score (nSPS) is 21.0. The lowest BCUT2D eigenvalue weighted by Gasteiger charge is -2.17. The summed E-state index contributed by atoms with van der Waals surface area (Å²) in [5.74, 6) is -1.56. The summed E-state index contributed by atoms with van der Waals surface area (Å²) in [6, 6.07) is 1.73. The number of hydrogen-bond acceptors (Lipinski definition) is 5. The van der Waals surface area contributed by atoms with E-state index in [2.05, 4.69) is 10.1 Å². The Morgan fingerprint density at radius 3 is 2.67 bits per heavy atom. The zero-order valence-corrected chi connectivity index (χ0v) is 14.2. The molecule has 128 valence electrons. The van der Waals surface area contributed by atoms with Gasteiger partial charge in [0.05, 0.1) is 22.6 Å². The predicted molar refractivity (Wildman–Crippen MR) is 86.8 cm³/mol. The average molecular weight is 331 g/mol. The standard InChI is InChI=1S/C17H21N3O4/c1-8(2)14-13-11(5-10(4)18-15(13)24-19-14)16(21)20-6-9(3)12(7-20)17(22)23/h5,8-9,12H,6-7H2,1-4H3,(H,22,23)/t9-,12-/m1/s1. The lowest BCUT2D eigenvalue weighted by atomic mass is 9.99. The number of aromatic nitrogens is 2. The first kappa shape index (κ1) is 16.4. The number of amides is 1. The Morgan fingerprint density at radius 2 is 2.08 bits per heavy atom. The first-order chi connectivity index (χ1) is 11.3. The van der Waals surface area contributed by atoms with Crippen molar-refractivity contribution >= 4 is 23.0 Å². The van der Waals surface area contributed by atoms with E-state index in [1.165, 1.54) is 0 Å². The third-order valence-electron chi connectivity index (χ3n) is 4.59. The monoisotopic (exact) mass is 331 g/mol. The van der Waals surface area contributed by atoms with E-state index < -0.39 is 11.9 Å². The molecule has 3 heterocycles. The van der Waals surface area contributed by atoms with Gasteiger partial charge in [0.1, 0.15) is 0 Å². The number of carbonyl (C=O) groups is 2. The van der Waals surface area contributed by atoms with Gasteiger partial charge in [-0.15, -0.1) is 0 Å². The highest BCUT2D eigenvalue weighted by Gasteiger charge is 2.38. The second-order valence-corrected chi connectivity index (χ2v) is 6.85. The third kappa shape index (κ3) is 2.64. The van der Waals surface area contributed by atoms with Crippen LogP contribution >= 0.6 is 0 Å². The number of aryl methyl sites for hydroxylation is 1. The molecule has 0 bridgehead atoms. The molecule has 0 aromatic carbocycles. The largest absolute Gasteiger partial charge is 0.481 e. The van der Waals surface area contributed by atoms with Gasteiger partial charge in [-0.05, 0) is 24.8 Å². The number of carboxylic acid groups (broad SMARTS) is 1. The van der Waals surface area contributed by atoms with E-state index in [1.807, 2.05) is 20.8 Å². The van der Waals surface area contributed by atoms with Crippen LogP contribution in [0.1, 0.15) is 48.4 Å². The lowest BCUT2D eigenvalue weighted by molar-refractivity contribution is -0.142. The maximum atomic E-state index is 13.0. The van der Waals surface area contributed by atoms with Crippen LogP contribution in [0.15, 0.2) is 10.6 Å². The second-order valence-electron chi connectivity index (χ2n) is 6.85. The van der Waals surface area contributed by atoms with Crippen LogP contribution in [0.2, 0.25) is 0 Å². The third-order valence-corrected chi connectivity index (χ3v) is 4.59. The first-order valence-corrected chi connectivity index (χ1v) is 8.08. The molecule has 1 aliphatic heterocycles. The second kappa shape index (κ2) is 5.89. The van der Waals surface area contributed by atoms with Crippen LogP contribution in [-0.4, -0.2) is 45.1 Å². The average Bonchev–Trinajstić information content (AvgIpc) is 3.09. The van der Waals surface area contributed by atoms with Crippen molar-refractivity contribution < 1.29 is 19.2 Å². The molecule has 3 rings (SSSR count). The Hall–Kier alpha value is -2.44. The van der Waals surface area contributed by atoms with Gasteiger partial charge in [-0.1, -0.05) is 25.9 Å². The molecule has 2 atom stereocenters. The zero-order chi connectivity index (χ0) is 17.6. The summed E-state index contributed by atoms with van der Waals surface area (Å²) in [7, 11) is 0. The van der Waals surface area contributed by atoms with E-state index in [4.69, 9.17) is 4.52 Å². The Balaban J connectivity index is 2.04. The fourth-order valence-corrected chi connectivity index (χ4v) is 3.28. The summed E-state index contributed by atoms with van der Waals surface area (Å²) in [6.45, 7) is 8.26. The first-order valence-electron chi connectivity index (χ1n) is 8.08. The summed E-state index contributed by atoms with van der Waals surface area (Å²) >= 11 is 0. The van der Waals surface area contributed by atoms with Crippen molar-refractivity contribution in [2.75, 3.05) is 13.1 Å². The molecule has 2 aromatic heterocycles. The Bertz CT molecular complexity index is 812. The molecule has 0 aliphatic carbocycles. The van der Waals surface area contributed by atoms with E-state index in [1.54, 1.807) is 17.9 Å². The molecule has 7 nitrogen and oxygen atoms in total. The van der Waals surface area contributed by atoms with Gasteiger partial charge in [-0.2, -0.15) is 0 Å². The summed E-state index contributed by atoms with van der Waals surface area (Å²) < 4.78 is 5.30. The van der Waals surface area contributed by atoms with Crippen molar-refractivity contribution in [3.63, 3.8) is 0 Å². The van der Waals surface area contributed by atoms with E-state index in [0.29, 0.717) is 34.6 Å². The summed E-state index contributed by atoms with van der Waals surface area (Å²) in [5, 5.41) is 14.0. The van der Waals surface area contributed by atoms with Crippen LogP contribution in [0.5, 0.6) is 0 Å². The van der Waals surface area contributed by atoms with Crippen LogP contribution < -0.4 is 0 Å². The number of hydrogen-bond donors (Lipinski definition) is 1. The van der Waals surface area contributed by atoms with Crippen molar-refractivity contribution in [1.82, 2.24) is 15.0 Å². The molecular weight excluding hydrogens is 310 g/mol. The minimum atomic E-state index is -0.860. The Labute approximate surface area is 139 Å². The summed E-state index contributed by atoms with van der Waals surface area (Å²) in [4.78, 5) is 30.3. The maximum absolute atomic E-state index is 13.0. The molecule has 0 radical (unpaired) electrons. The Kier molecular flexibility index (Phi) is 4.03. The summed E-state index contributed by atoms with van der Waals surface area (Å²) in [6.07, 6.45) is 0. The van der Waals surface area contributed by atoms with Crippen molar-refractivity contribution in [3.05, 3.63) is 23.0 Å². The van der Waals surface area contributed by atoms with Gasteiger partial charge in [0.25, 0.3) is 11.6 Å². The Morgan fingerprint density at radius 1 is 1.38 bits per heavy atom. The van der Waals surface area contributed by atoms with E-state index >= 15 is 0 Å². The number of carboxylic acids is 1. The van der Waals surface area contributed by atoms with E-state index in [-0.39, 0.29) is 24.3 Å². The van der Waals surface area contributed by atoms with Gasteiger partial charge in [0.15, 0.2) is 0 Å². The van der Waals surface area contributed by atoms with Crippen molar-refractivity contribution in [3.8, 4) is 0 Å². The smallest absolute Gasteiger partial charge is 0.308 e. The van der Waals surface area contributed by atoms with Crippen molar-refractivity contribution in [2.24, 2.45) is 11.8 Å². The molecule has 0 unspecified atom stereocenters. The minimum Gasteiger partial charge on any atom is -0.481 e. The number of pyridine rings is 1. The number of fused-ring (bicyclic) bond motifs is 1. The van der Waals surface area contributed by atoms with Gasteiger partial charge in [-0.25, -0.2) is 4.98 Å². The molecule has 1 saturated heterocycles. The minimum absolute atomic E-state index is 0.0723. The summed E-state index contributed by atoms with van der Waals surface area (Å²) in [5.41, 5.74) is 2.20. The zero-order valence-electron chi connectivity index (χ0n) is 14.2. The van der Waals surface area contributed by atoms with Gasteiger partial charge < -0.3 is 14.5 Å². The SMILES string of the molecule is Cc1cc(C(=O)N2C[C@@H](C)[C@H](C(=O)O)C2)c2c(C(C)C)noc2n1. The number of likely N-dealkylation sites (tertiary alicyclic amines) is 1. The molecule has 1 fully saturated rings. The van der Waals surface area contributed by atoms with Crippen molar-refractivity contribution in [2.45, 2.75) is 33.6 Å². The quantitative estimate of drug-likeness (QED) is 0.928. The molecule has 0 saturated carbocycles. The molecule has 7 heteroatoms. The number of nitrogens with zero attached hydrogens (tertiary/aromatic N) is 3. The molecule has 24 heavy (non-hydrogen) atoms. The molecular formula is C17H21N3O4. The lowest BCUT2D eigenvalue weighted by Crippen LogP contribution is -2.30. The predicted octanol–water partition coefficient (Wildman–Crippen LogP) is 2.45. The molecule has 1 N–H and O–H groups in total. The van der Waals surface area contributed by atoms with Gasteiger partial charge >= 0.3 is 5.97 Å². The van der Waals surface area contributed by atoms with E-state index in [9.17, 15) is 14.7 Å². The van der Waals surface area contributed by atoms with Crippen LogP contribution in [0.25, 0.3) is 11.1 Å². The number of carbonyl (C=O) groups excluding carboxylic acids is 1. The van der Waals surface area contributed by atoms with Gasteiger partial charge in [-0.3, -0.25) is 9.59 Å². The molecule has 1 amide bonds. The highest BCUT2D eigenvalue weighted by atomic mass is 16.5. The molecule has 0 spiro atoms. The van der Waals surface area contributed by atoms with Crippen LogP contribution in [-0.2, 0) is 4.79 Å². The van der Waals surface area contributed by atoms with E-state index in [0.717, 1.165) is 0 Å². The molecule has 1 aliphatic rings. The molecule has 2 aromatic rings. The fraction of sp³-hybridized carbons (Fsp3) is 0.529. The number of rotatable bonds is 3. The highest BCUT2D eigenvalue weighted by molar-refractivity contribution is 6.06. The van der Waals surface area contributed by atoms with Gasteiger partial charge in [0, 0.05) is 18.8 Å². The fourth-order valence-electron chi connectivity index (χ4n) is 3.28. The number of aliphatic carboxylic acids is 1. The topological polar surface area (TPSA) is 96.5 Å². The van der Waals surface area contributed by atoms with Crippen LogP contribution in [0.3, 0.4) is 0 Å². The van der Waals surface area contributed by atoms with Gasteiger partial charge in [0.2, 0.25) is 0 Å².